The monoisotopic (exact) mass is 308 g/mol. The number of rotatable bonds is 6. The maximum absolute atomic E-state index is 12.4. The van der Waals surface area contributed by atoms with E-state index in [1.54, 1.807) is 14.2 Å². The first-order chi connectivity index (χ1) is 9.15. The molecule has 0 aromatic carbocycles. The lowest BCUT2D eigenvalue weighted by atomic mass is 9.81. The lowest BCUT2D eigenvalue weighted by molar-refractivity contribution is -0.0686. The molecule has 0 aromatic rings. The zero-order valence-corrected chi connectivity index (χ0v) is 14.0. The second kappa shape index (κ2) is 6.70. The molecule has 1 heterocycles. The smallest absolute Gasteiger partial charge is 0.281 e. The first-order valence-corrected chi connectivity index (χ1v) is 8.49. The molecule has 1 aliphatic heterocycles. The van der Waals surface area contributed by atoms with Crippen LogP contribution in [0.2, 0.25) is 0 Å². The molecule has 1 fully saturated rings. The molecule has 6 nitrogen and oxygen atoms in total. The zero-order valence-electron chi connectivity index (χ0n) is 13.2. The van der Waals surface area contributed by atoms with Crippen LogP contribution in [0, 0.1) is 5.92 Å². The van der Waals surface area contributed by atoms with Crippen LogP contribution in [0.5, 0.6) is 0 Å². The van der Waals surface area contributed by atoms with E-state index in [0.29, 0.717) is 32.5 Å². The van der Waals surface area contributed by atoms with Gasteiger partial charge in [-0.2, -0.15) is 17.0 Å². The van der Waals surface area contributed by atoms with Gasteiger partial charge >= 0.3 is 0 Å². The molecule has 0 saturated carbocycles. The Kier molecular flexibility index (Phi) is 5.98. The molecule has 7 heteroatoms. The number of aliphatic hydroxyl groups is 1. The zero-order chi connectivity index (χ0) is 15.6. The van der Waals surface area contributed by atoms with Crippen molar-refractivity contribution in [1.29, 1.82) is 0 Å². The normalized spacial score (nSPS) is 29.3. The maximum atomic E-state index is 12.4. The highest BCUT2D eigenvalue weighted by atomic mass is 32.2. The highest BCUT2D eigenvalue weighted by molar-refractivity contribution is 7.86. The van der Waals surface area contributed by atoms with E-state index in [4.69, 9.17) is 4.74 Å². The molecule has 20 heavy (non-hydrogen) atoms. The summed E-state index contributed by atoms with van der Waals surface area (Å²) < 4.78 is 32.8. The third-order valence-corrected chi connectivity index (χ3v) is 6.48. The Morgan fingerprint density at radius 2 is 2.10 bits per heavy atom. The SMILES string of the molecule is COCC[C@]1(O)CCN(S(=O)(=O)N(C)C(C)C)C[C@H]1C. The molecule has 0 aromatic heterocycles. The van der Waals surface area contributed by atoms with E-state index >= 15 is 0 Å². The van der Waals surface area contributed by atoms with Crippen LogP contribution in [0.3, 0.4) is 0 Å². The summed E-state index contributed by atoms with van der Waals surface area (Å²) >= 11 is 0. The first-order valence-electron chi connectivity index (χ1n) is 7.09. The Bertz CT molecular complexity index is 413. The van der Waals surface area contributed by atoms with Crippen LogP contribution in [0.15, 0.2) is 0 Å². The highest BCUT2D eigenvalue weighted by Crippen LogP contribution is 2.32. The van der Waals surface area contributed by atoms with Gasteiger partial charge in [0.15, 0.2) is 0 Å². The van der Waals surface area contributed by atoms with Crippen LogP contribution in [0.1, 0.15) is 33.6 Å². The Labute approximate surface area is 122 Å². The van der Waals surface area contributed by atoms with Crippen molar-refractivity contribution in [3.63, 3.8) is 0 Å². The minimum absolute atomic E-state index is 0.0791. The molecule has 0 aliphatic carbocycles. The van der Waals surface area contributed by atoms with Gasteiger partial charge in [-0.25, -0.2) is 0 Å². The van der Waals surface area contributed by atoms with Gasteiger partial charge in [-0.1, -0.05) is 6.92 Å². The molecule has 0 spiro atoms. The molecular formula is C13H28N2O4S. The van der Waals surface area contributed by atoms with Gasteiger partial charge in [-0.3, -0.25) is 0 Å². The average Bonchev–Trinajstić information content (AvgIpc) is 2.38. The molecule has 1 N–H and O–H groups in total. The predicted octanol–water partition coefficient (Wildman–Crippen LogP) is 0.681. The molecule has 0 unspecified atom stereocenters. The number of ether oxygens (including phenoxy) is 1. The largest absolute Gasteiger partial charge is 0.389 e. The van der Waals surface area contributed by atoms with Gasteiger partial charge in [-0.05, 0) is 32.6 Å². The van der Waals surface area contributed by atoms with Crippen molar-refractivity contribution in [1.82, 2.24) is 8.61 Å². The van der Waals surface area contributed by atoms with Crippen molar-refractivity contribution in [2.45, 2.75) is 45.3 Å². The summed E-state index contributed by atoms with van der Waals surface area (Å²) in [5, 5.41) is 10.6. The van der Waals surface area contributed by atoms with Crippen LogP contribution < -0.4 is 0 Å². The fourth-order valence-corrected chi connectivity index (χ4v) is 4.07. The quantitative estimate of drug-likeness (QED) is 0.783. The Balaban J connectivity index is 2.77. The van der Waals surface area contributed by atoms with E-state index in [-0.39, 0.29) is 12.0 Å². The Morgan fingerprint density at radius 1 is 1.50 bits per heavy atom. The van der Waals surface area contributed by atoms with Gasteiger partial charge in [0.05, 0.1) is 5.60 Å². The van der Waals surface area contributed by atoms with Crippen molar-refractivity contribution < 1.29 is 18.3 Å². The van der Waals surface area contributed by atoms with Gasteiger partial charge < -0.3 is 9.84 Å². The van der Waals surface area contributed by atoms with Gasteiger partial charge in [-0.15, -0.1) is 0 Å². The van der Waals surface area contributed by atoms with E-state index in [1.807, 2.05) is 20.8 Å². The fourth-order valence-electron chi connectivity index (χ4n) is 2.44. The summed E-state index contributed by atoms with van der Waals surface area (Å²) in [7, 11) is -0.245. The summed E-state index contributed by atoms with van der Waals surface area (Å²) in [6, 6.07) is -0.0791. The molecule has 1 rings (SSSR count). The molecular weight excluding hydrogens is 280 g/mol. The lowest BCUT2D eigenvalue weighted by Gasteiger charge is -2.43. The van der Waals surface area contributed by atoms with E-state index in [1.165, 1.54) is 8.61 Å². The molecule has 0 radical (unpaired) electrons. The van der Waals surface area contributed by atoms with Crippen molar-refractivity contribution in [3.05, 3.63) is 0 Å². The van der Waals surface area contributed by atoms with Gasteiger partial charge in [0.1, 0.15) is 0 Å². The van der Waals surface area contributed by atoms with Gasteiger partial charge in [0.25, 0.3) is 10.2 Å². The first kappa shape index (κ1) is 17.8. The number of hydrogen-bond acceptors (Lipinski definition) is 4. The van der Waals surface area contributed by atoms with Crippen molar-refractivity contribution in [2.75, 3.05) is 33.9 Å². The van der Waals surface area contributed by atoms with E-state index in [9.17, 15) is 13.5 Å². The van der Waals surface area contributed by atoms with Gasteiger partial charge in [0, 0.05) is 39.9 Å². The van der Waals surface area contributed by atoms with Crippen LogP contribution in [0.4, 0.5) is 0 Å². The topological polar surface area (TPSA) is 70.1 Å². The molecule has 2 atom stereocenters. The number of piperidine rings is 1. The van der Waals surface area contributed by atoms with Crippen molar-refractivity contribution in [3.8, 4) is 0 Å². The van der Waals surface area contributed by atoms with Crippen molar-refractivity contribution >= 4 is 10.2 Å². The lowest BCUT2D eigenvalue weighted by Crippen LogP contribution is -2.55. The van der Waals surface area contributed by atoms with E-state index in [0.717, 1.165) is 0 Å². The maximum Gasteiger partial charge on any atom is 0.281 e. The van der Waals surface area contributed by atoms with E-state index in [2.05, 4.69) is 0 Å². The molecule has 0 bridgehead atoms. The summed E-state index contributed by atoms with van der Waals surface area (Å²) in [6.07, 6.45) is 0.987. The van der Waals surface area contributed by atoms with Crippen LogP contribution in [-0.2, 0) is 14.9 Å². The summed E-state index contributed by atoms with van der Waals surface area (Å²) in [6.45, 7) is 6.77. The minimum Gasteiger partial charge on any atom is -0.389 e. The second-order valence-electron chi connectivity index (χ2n) is 5.97. The van der Waals surface area contributed by atoms with E-state index < -0.39 is 15.8 Å². The third-order valence-electron chi connectivity index (χ3n) is 4.35. The van der Waals surface area contributed by atoms with Crippen LogP contribution in [-0.4, -0.2) is 67.6 Å². The number of hydrogen-bond donors (Lipinski definition) is 1. The summed E-state index contributed by atoms with van der Waals surface area (Å²) in [5.41, 5.74) is -0.835. The predicted molar refractivity (Wildman–Crippen MR) is 78.6 cm³/mol. The molecule has 1 saturated heterocycles. The Morgan fingerprint density at radius 3 is 2.55 bits per heavy atom. The Hall–Kier alpha value is -0.210. The number of methoxy groups -OCH3 is 1. The van der Waals surface area contributed by atoms with Crippen LogP contribution >= 0.6 is 0 Å². The molecule has 120 valence electrons. The highest BCUT2D eigenvalue weighted by Gasteiger charge is 2.42. The number of nitrogens with zero attached hydrogens (tertiary/aromatic N) is 2. The minimum atomic E-state index is -3.44. The second-order valence-corrected chi connectivity index (χ2v) is 7.96. The van der Waals surface area contributed by atoms with Crippen molar-refractivity contribution in [2.24, 2.45) is 5.92 Å². The van der Waals surface area contributed by atoms with Crippen LogP contribution in [0.25, 0.3) is 0 Å². The third kappa shape index (κ3) is 3.71. The standard InChI is InChI=1S/C13H28N2O4S/c1-11(2)14(4)20(17,18)15-8-6-13(16,7-9-19-5)12(3)10-15/h11-12,16H,6-10H2,1-5H3/t12-,13-/m1/s1. The van der Waals surface area contributed by atoms with Gasteiger partial charge in [0.2, 0.25) is 0 Å². The summed E-state index contributed by atoms with van der Waals surface area (Å²) in [5.74, 6) is -0.110. The molecule has 0 amide bonds. The molecule has 1 aliphatic rings. The fraction of sp³-hybridized carbons (Fsp3) is 1.00. The summed E-state index contributed by atoms with van der Waals surface area (Å²) in [4.78, 5) is 0. The average molecular weight is 308 g/mol.